The Morgan fingerprint density at radius 3 is 2.69 bits per heavy atom. The van der Waals surface area contributed by atoms with E-state index in [1.165, 1.54) is 19.1 Å². The van der Waals surface area contributed by atoms with Crippen LogP contribution in [0.4, 0.5) is 15.8 Å². The Kier molecular flexibility index (Phi) is 4.86. The summed E-state index contributed by atoms with van der Waals surface area (Å²) in [4.78, 5) is 13.1. The van der Waals surface area contributed by atoms with Gasteiger partial charge in [0.15, 0.2) is 11.6 Å². The zero-order valence-electron chi connectivity index (χ0n) is 14.5. The summed E-state index contributed by atoms with van der Waals surface area (Å²) in [6, 6.07) is 8.52. The van der Waals surface area contributed by atoms with Crippen LogP contribution in [0.15, 0.2) is 41.3 Å². The lowest BCUT2D eigenvalue weighted by Crippen LogP contribution is -2.25. The lowest BCUT2D eigenvalue weighted by molar-refractivity contribution is -0.116. The van der Waals surface area contributed by atoms with Gasteiger partial charge >= 0.3 is 0 Å². The van der Waals surface area contributed by atoms with Crippen molar-refractivity contribution in [2.24, 2.45) is 0 Å². The number of benzene rings is 2. The molecule has 0 unspecified atom stereocenters. The maximum Gasteiger partial charge on any atom is 0.262 e. The van der Waals surface area contributed by atoms with Crippen molar-refractivity contribution in [3.05, 3.63) is 47.8 Å². The minimum absolute atomic E-state index is 0.00100. The number of carbonyl (C=O) groups is 1. The zero-order valence-corrected chi connectivity index (χ0v) is 15.3. The van der Waals surface area contributed by atoms with Crippen LogP contribution < -0.4 is 14.4 Å². The molecule has 0 atom stereocenters. The summed E-state index contributed by atoms with van der Waals surface area (Å²) in [6.07, 6.45) is 0.728. The molecule has 1 aliphatic heterocycles. The van der Waals surface area contributed by atoms with Gasteiger partial charge in [0, 0.05) is 19.2 Å². The number of hydrogen-bond donors (Lipinski definition) is 1. The molecular weight excluding hydrogens is 359 g/mol. The highest BCUT2D eigenvalue weighted by molar-refractivity contribution is 7.92. The number of anilines is 2. The first-order chi connectivity index (χ1) is 12.3. The number of sulfonamides is 1. The van der Waals surface area contributed by atoms with E-state index in [1.54, 1.807) is 30.0 Å². The summed E-state index contributed by atoms with van der Waals surface area (Å²) >= 11 is 0. The van der Waals surface area contributed by atoms with Crippen molar-refractivity contribution >= 4 is 27.3 Å². The van der Waals surface area contributed by atoms with Crippen LogP contribution in [0, 0.1) is 5.82 Å². The van der Waals surface area contributed by atoms with E-state index >= 15 is 0 Å². The summed E-state index contributed by atoms with van der Waals surface area (Å²) in [7, 11) is -3.97. The fourth-order valence-electron chi connectivity index (χ4n) is 2.91. The van der Waals surface area contributed by atoms with Crippen LogP contribution in [0.1, 0.15) is 19.4 Å². The largest absolute Gasteiger partial charge is 0.491 e. The number of amides is 1. The Balaban J connectivity index is 1.88. The molecule has 0 saturated carbocycles. The molecule has 0 spiro atoms. The molecule has 1 aliphatic rings. The van der Waals surface area contributed by atoms with E-state index < -0.39 is 15.8 Å². The van der Waals surface area contributed by atoms with Crippen molar-refractivity contribution in [3.63, 3.8) is 0 Å². The van der Waals surface area contributed by atoms with Gasteiger partial charge in [0.05, 0.1) is 17.2 Å². The van der Waals surface area contributed by atoms with Crippen molar-refractivity contribution in [1.82, 2.24) is 0 Å². The first kappa shape index (κ1) is 18.2. The second-order valence-electron chi connectivity index (χ2n) is 5.89. The minimum Gasteiger partial charge on any atom is -0.491 e. The Hall–Kier alpha value is -2.61. The topological polar surface area (TPSA) is 75.7 Å². The van der Waals surface area contributed by atoms with Crippen LogP contribution in [0.5, 0.6) is 5.75 Å². The molecule has 138 valence electrons. The third-order valence-electron chi connectivity index (χ3n) is 4.13. The fraction of sp³-hybridized carbons (Fsp3) is 0.278. The van der Waals surface area contributed by atoms with Gasteiger partial charge in [-0.15, -0.1) is 0 Å². The standard InChI is InChI=1S/C18H19FN2O4S/c1-3-25-18-7-6-15(11-16(18)19)26(23,24)20-14-5-4-13-8-9-21(12(2)22)17(13)10-14/h4-7,10-11,20H,3,8-9H2,1-2H3. The molecule has 0 aliphatic carbocycles. The van der Waals surface area contributed by atoms with E-state index in [0.29, 0.717) is 17.9 Å². The number of hydrogen-bond acceptors (Lipinski definition) is 4. The summed E-state index contributed by atoms with van der Waals surface area (Å²) in [5.41, 5.74) is 1.98. The van der Waals surface area contributed by atoms with Gasteiger partial charge in [0.25, 0.3) is 10.0 Å². The van der Waals surface area contributed by atoms with E-state index in [-0.39, 0.29) is 23.2 Å². The summed E-state index contributed by atoms with van der Waals surface area (Å²) < 4.78 is 46.6. The van der Waals surface area contributed by atoms with Crippen LogP contribution in [-0.2, 0) is 21.2 Å². The minimum atomic E-state index is -3.97. The van der Waals surface area contributed by atoms with Gasteiger partial charge in [-0.05, 0) is 49.2 Å². The van der Waals surface area contributed by atoms with E-state index in [4.69, 9.17) is 4.74 Å². The van der Waals surface area contributed by atoms with Gasteiger partial charge in [-0.1, -0.05) is 6.07 Å². The number of fused-ring (bicyclic) bond motifs is 1. The molecule has 2 aromatic carbocycles. The number of nitrogens with zero attached hydrogens (tertiary/aromatic N) is 1. The highest BCUT2D eigenvalue weighted by atomic mass is 32.2. The molecule has 8 heteroatoms. The number of nitrogens with one attached hydrogen (secondary N) is 1. The fourth-order valence-corrected chi connectivity index (χ4v) is 3.97. The first-order valence-corrected chi connectivity index (χ1v) is 9.66. The van der Waals surface area contributed by atoms with Crippen molar-refractivity contribution < 1.29 is 22.3 Å². The third-order valence-corrected chi connectivity index (χ3v) is 5.51. The van der Waals surface area contributed by atoms with Crippen molar-refractivity contribution in [2.75, 3.05) is 22.8 Å². The van der Waals surface area contributed by atoms with Crippen LogP contribution in [0.25, 0.3) is 0 Å². The molecule has 26 heavy (non-hydrogen) atoms. The second kappa shape index (κ2) is 6.95. The molecule has 0 fully saturated rings. The first-order valence-electron chi connectivity index (χ1n) is 8.18. The number of ether oxygens (including phenoxy) is 1. The monoisotopic (exact) mass is 378 g/mol. The van der Waals surface area contributed by atoms with Crippen LogP contribution in [0.2, 0.25) is 0 Å². The van der Waals surface area contributed by atoms with Gasteiger partial charge in [0.1, 0.15) is 0 Å². The molecule has 1 heterocycles. The third kappa shape index (κ3) is 3.50. The predicted molar refractivity (Wildman–Crippen MR) is 96.6 cm³/mol. The van der Waals surface area contributed by atoms with E-state index in [0.717, 1.165) is 18.1 Å². The molecule has 0 bridgehead atoms. The van der Waals surface area contributed by atoms with Crippen LogP contribution in [0.3, 0.4) is 0 Å². The number of carbonyl (C=O) groups excluding carboxylic acids is 1. The van der Waals surface area contributed by atoms with Crippen molar-refractivity contribution in [2.45, 2.75) is 25.2 Å². The van der Waals surface area contributed by atoms with Gasteiger partial charge < -0.3 is 9.64 Å². The Morgan fingerprint density at radius 2 is 2.04 bits per heavy atom. The van der Waals surface area contributed by atoms with Crippen LogP contribution >= 0.6 is 0 Å². The Morgan fingerprint density at radius 1 is 1.27 bits per heavy atom. The summed E-state index contributed by atoms with van der Waals surface area (Å²) in [5.74, 6) is -0.843. The number of rotatable bonds is 5. The van der Waals surface area contributed by atoms with E-state index in [9.17, 15) is 17.6 Å². The molecular formula is C18H19FN2O4S. The van der Waals surface area contributed by atoms with Crippen LogP contribution in [-0.4, -0.2) is 27.5 Å². The van der Waals surface area contributed by atoms with Gasteiger partial charge in [0.2, 0.25) is 5.91 Å². The van der Waals surface area contributed by atoms with Gasteiger partial charge in [-0.3, -0.25) is 9.52 Å². The van der Waals surface area contributed by atoms with Crippen molar-refractivity contribution in [3.8, 4) is 5.75 Å². The van der Waals surface area contributed by atoms with E-state index in [1.807, 2.05) is 0 Å². The lowest BCUT2D eigenvalue weighted by atomic mass is 10.1. The maximum atomic E-state index is 14.0. The smallest absolute Gasteiger partial charge is 0.262 e. The molecule has 1 amide bonds. The molecule has 0 aromatic heterocycles. The highest BCUT2D eigenvalue weighted by Gasteiger charge is 2.23. The lowest BCUT2D eigenvalue weighted by Gasteiger charge is -2.16. The van der Waals surface area contributed by atoms with E-state index in [2.05, 4.69) is 4.72 Å². The SMILES string of the molecule is CCOc1ccc(S(=O)(=O)Nc2ccc3c(c2)N(C(C)=O)CC3)cc1F. The molecule has 0 saturated heterocycles. The Labute approximate surface area is 151 Å². The Bertz CT molecular complexity index is 960. The molecule has 2 aromatic rings. The zero-order chi connectivity index (χ0) is 18.9. The normalized spacial score (nSPS) is 13.4. The maximum absolute atomic E-state index is 14.0. The second-order valence-corrected chi connectivity index (χ2v) is 7.58. The van der Waals surface area contributed by atoms with Gasteiger partial charge in [-0.2, -0.15) is 0 Å². The van der Waals surface area contributed by atoms with Gasteiger partial charge in [-0.25, -0.2) is 12.8 Å². The summed E-state index contributed by atoms with van der Waals surface area (Å²) in [5, 5.41) is 0. The highest BCUT2D eigenvalue weighted by Crippen LogP contribution is 2.32. The molecule has 3 rings (SSSR count). The van der Waals surface area contributed by atoms with Crippen molar-refractivity contribution in [1.29, 1.82) is 0 Å². The average Bonchev–Trinajstić information content (AvgIpc) is 3.00. The molecule has 6 nitrogen and oxygen atoms in total. The predicted octanol–water partition coefficient (Wildman–Crippen LogP) is 2.93. The molecule has 0 radical (unpaired) electrons. The molecule has 1 N–H and O–H groups in total. The number of halogens is 1. The summed E-state index contributed by atoms with van der Waals surface area (Å²) in [6.45, 7) is 4.03. The quantitative estimate of drug-likeness (QED) is 0.868. The average molecular weight is 378 g/mol.